The number of rotatable bonds is 4. The minimum Gasteiger partial charge on any atom is -0.480 e. The molecule has 0 spiro atoms. The topological polar surface area (TPSA) is 86.7 Å². The number of nitrogens with zero attached hydrogens (tertiary/aromatic N) is 1. The highest BCUT2D eigenvalue weighted by atomic mass is 32.2. The summed E-state index contributed by atoms with van der Waals surface area (Å²) in [6.45, 7) is 3.61. The normalized spacial score (nSPS) is 25.2. The van der Waals surface area contributed by atoms with E-state index in [-0.39, 0.29) is 6.04 Å². The molecule has 1 unspecified atom stereocenters. The van der Waals surface area contributed by atoms with Crippen LogP contribution in [-0.2, 0) is 15.0 Å². The zero-order valence-electron chi connectivity index (χ0n) is 9.51. The second-order valence-electron chi connectivity index (χ2n) is 4.14. The predicted molar refractivity (Wildman–Crippen MR) is 59.2 cm³/mol. The maximum Gasteiger partial charge on any atom is 0.321 e. The van der Waals surface area contributed by atoms with Crippen LogP contribution in [0.5, 0.6) is 0 Å². The van der Waals surface area contributed by atoms with Gasteiger partial charge in [0, 0.05) is 12.6 Å². The third-order valence-electron chi connectivity index (χ3n) is 2.75. The van der Waals surface area contributed by atoms with E-state index in [4.69, 9.17) is 5.11 Å². The van der Waals surface area contributed by atoms with Gasteiger partial charge in [-0.15, -0.1) is 0 Å². The Morgan fingerprint density at radius 2 is 2.12 bits per heavy atom. The van der Waals surface area contributed by atoms with E-state index in [1.165, 1.54) is 11.2 Å². The molecule has 1 aliphatic rings. The highest BCUT2D eigenvalue weighted by Crippen LogP contribution is 2.19. The Bertz CT molecular complexity index is 355. The standard InChI is InChI=1S/C9H18N2O4S/c1-7-5-3-4-6-11(7)16(14,15)10-8(2)9(12)13/h7-8,10H,3-6H2,1-2H3,(H,12,13)/t7?,8-/m1/s1. The summed E-state index contributed by atoms with van der Waals surface area (Å²) >= 11 is 0. The van der Waals surface area contributed by atoms with E-state index >= 15 is 0 Å². The molecule has 1 fully saturated rings. The Labute approximate surface area is 95.8 Å². The first-order valence-corrected chi connectivity index (χ1v) is 6.80. The Hall–Kier alpha value is -0.660. The zero-order chi connectivity index (χ0) is 12.3. The number of nitrogens with one attached hydrogen (secondary N) is 1. The zero-order valence-corrected chi connectivity index (χ0v) is 10.3. The molecule has 7 heteroatoms. The molecule has 2 N–H and O–H groups in total. The van der Waals surface area contributed by atoms with Gasteiger partial charge in [0.05, 0.1) is 0 Å². The van der Waals surface area contributed by atoms with Crippen molar-refractivity contribution in [1.82, 2.24) is 9.03 Å². The highest BCUT2D eigenvalue weighted by Gasteiger charge is 2.31. The molecule has 1 saturated heterocycles. The van der Waals surface area contributed by atoms with Crippen LogP contribution in [0.4, 0.5) is 0 Å². The van der Waals surface area contributed by atoms with Crippen molar-refractivity contribution in [2.45, 2.75) is 45.2 Å². The number of carbonyl (C=O) groups is 1. The molecule has 0 aromatic rings. The molecule has 0 bridgehead atoms. The van der Waals surface area contributed by atoms with Crippen molar-refractivity contribution in [3.8, 4) is 0 Å². The van der Waals surface area contributed by atoms with E-state index in [0.717, 1.165) is 19.3 Å². The average molecular weight is 250 g/mol. The van der Waals surface area contributed by atoms with Gasteiger partial charge < -0.3 is 5.11 Å². The monoisotopic (exact) mass is 250 g/mol. The fraction of sp³-hybridized carbons (Fsp3) is 0.889. The third-order valence-corrected chi connectivity index (χ3v) is 4.56. The van der Waals surface area contributed by atoms with Gasteiger partial charge in [0.2, 0.25) is 0 Å². The lowest BCUT2D eigenvalue weighted by Crippen LogP contribution is -2.51. The van der Waals surface area contributed by atoms with E-state index in [9.17, 15) is 13.2 Å². The average Bonchev–Trinajstić information content (AvgIpc) is 2.17. The summed E-state index contributed by atoms with van der Waals surface area (Å²) in [5.74, 6) is -1.17. The van der Waals surface area contributed by atoms with E-state index in [2.05, 4.69) is 4.72 Å². The first-order valence-electron chi connectivity index (χ1n) is 5.36. The van der Waals surface area contributed by atoms with Crippen LogP contribution in [0.25, 0.3) is 0 Å². The lowest BCUT2D eigenvalue weighted by atomic mass is 10.1. The van der Waals surface area contributed by atoms with Gasteiger partial charge in [-0.3, -0.25) is 4.79 Å². The molecule has 0 aromatic heterocycles. The van der Waals surface area contributed by atoms with Crippen molar-refractivity contribution in [2.75, 3.05) is 6.54 Å². The molecule has 1 aliphatic heterocycles. The minimum atomic E-state index is -3.67. The Morgan fingerprint density at radius 3 is 2.62 bits per heavy atom. The summed E-state index contributed by atoms with van der Waals surface area (Å²) in [7, 11) is -3.67. The fourth-order valence-corrected chi connectivity index (χ4v) is 3.40. The molecule has 0 saturated carbocycles. The number of aliphatic carboxylic acids is 1. The molecule has 6 nitrogen and oxygen atoms in total. The Balaban J connectivity index is 2.72. The maximum atomic E-state index is 11.9. The maximum absolute atomic E-state index is 11.9. The highest BCUT2D eigenvalue weighted by molar-refractivity contribution is 7.87. The molecule has 1 heterocycles. The van der Waals surface area contributed by atoms with Crippen LogP contribution >= 0.6 is 0 Å². The van der Waals surface area contributed by atoms with Crippen LogP contribution in [0, 0.1) is 0 Å². The molecule has 2 atom stereocenters. The fourth-order valence-electron chi connectivity index (χ4n) is 1.77. The molecule has 0 aliphatic carbocycles. The largest absolute Gasteiger partial charge is 0.480 e. The second-order valence-corrected chi connectivity index (χ2v) is 5.79. The number of carboxylic acids is 1. The quantitative estimate of drug-likeness (QED) is 0.744. The molecule has 1 rings (SSSR count). The molecule has 94 valence electrons. The van der Waals surface area contributed by atoms with Crippen LogP contribution in [0.1, 0.15) is 33.1 Å². The molecule has 0 amide bonds. The summed E-state index contributed by atoms with van der Waals surface area (Å²) < 4.78 is 27.2. The lowest BCUT2D eigenvalue weighted by molar-refractivity contribution is -0.138. The van der Waals surface area contributed by atoms with E-state index in [1.54, 1.807) is 0 Å². The van der Waals surface area contributed by atoms with Crippen molar-refractivity contribution in [3.63, 3.8) is 0 Å². The molecule has 0 aromatic carbocycles. The summed E-state index contributed by atoms with van der Waals surface area (Å²) in [6.07, 6.45) is 2.66. The van der Waals surface area contributed by atoms with Crippen molar-refractivity contribution in [2.24, 2.45) is 0 Å². The van der Waals surface area contributed by atoms with Crippen molar-refractivity contribution in [1.29, 1.82) is 0 Å². The number of hydrogen-bond acceptors (Lipinski definition) is 3. The van der Waals surface area contributed by atoms with Gasteiger partial charge in [0.15, 0.2) is 0 Å². The van der Waals surface area contributed by atoms with Gasteiger partial charge in [-0.2, -0.15) is 17.4 Å². The number of hydrogen-bond donors (Lipinski definition) is 2. The van der Waals surface area contributed by atoms with Crippen LogP contribution in [0.15, 0.2) is 0 Å². The first kappa shape index (κ1) is 13.4. The van der Waals surface area contributed by atoms with Crippen molar-refractivity contribution in [3.05, 3.63) is 0 Å². The SMILES string of the molecule is CC1CCCCN1S(=O)(=O)N[C@H](C)C(=O)O. The van der Waals surface area contributed by atoms with Crippen molar-refractivity contribution < 1.29 is 18.3 Å². The molecular formula is C9H18N2O4S. The Kier molecular flexibility index (Phi) is 4.28. The smallest absolute Gasteiger partial charge is 0.321 e. The summed E-state index contributed by atoms with van der Waals surface area (Å²) in [4.78, 5) is 10.6. The van der Waals surface area contributed by atoms with Gasteiger partial charge in [0.1, 0.15) is 6.04 Å². The van der Waals surface area contributed by atoms with E-state index < -0.39 is 22.2 Å². The van der Waals surface area contributed by atoms with Gasteiger partial charge in [-0.05, 0) is 26.7 Å². The first-order chi connectivity index (χ1) is 7.34. The number of piperidine rings is 1. The van der Waals surface area contributed by atoms with Crippen molar-refractivity contribution >= 4 is 16.2 Å². The van der Waals surface area contributed by atoms with Crippen LogP contribution in [-0.4, -0.2) is 42.4 Å². The minimum absolute atomic E-state index is 0.0627. The van der Waals surface area contributed by atoms with Crippen LogP contribution in [0.2, 0.25) is 0 Å². The van der Waals surface area contributed by atoms with Gasteiger partial charge in [0.25, 0.3) is 10.2 Å². The van der Waals surface area contributed by atoms with E-state index in [0.29, 0.717) is 6.54 Å². The molecule has 0 radical (unpaired) electrons. The summed E-state index contributed by atoms with van der Waals surface area (Å²) in [5, 5.41) is 8.66. The van der Waals surface area contributed by atoms with Crippen LogP contribution < -0.4 is 4.72 Å². The lowest BCUT2D eigenvalue weighted by Gasteiger charge is -2.32. The second kappa shape index (κ2) is 5.11. The number of carboxylic acid groups (broad SMARTS) is 1. The van der Waals surface area contributed by atoms with Gasteiger partial charge >= 0.3 is 5.97 Å². The van der Waals surface area contributed by atoms with Gasteiger partial charge in [-0.25, -0.2) is 0 Å². The molecular weight excluding hydrogens is 232 g/mol. The predicted octanol–water partition coefficient (Wildman–Crippen LogP) is 0.168. The van der Waals surface area contributed by atoms with E-state index in [1.807, 2.05) is 6.92 Å². The summed E-state index contributed by atoms with van der Waals surface area (Å²) in [6, 6.07) is -1.16. The van der Waals surface area contributed by atoms with Crippen LogP contribution in [0.3, 0.4) is 0 Å². The third kappa shape index (κ3) is 3.16. The summed E-state index contributed by atoms with van der Waals surface area (Å²) in [5.41, 5.74) is 0. The van der Waals surface area contributed by atoms with Gasteiger partial charge in [-0.1, -0.05) is 6.42 Å². The molecule has 16 heavy (non-hydrogen) atoms. The Morgan fingerprint density at radius 1 is 1.50 bits per heavy atom.